The molecule has 0 radical (unpaired) electrons. The summed E-state index contributed by atoms with van der Waals surface area (Å²) in [4.78, 5) is 2.55. The molecule has 0 aliphatic carbocycles. The highest BCUT2D eigenvalue weighted by atomic mass is 32.2. The van der Waals surface area contributed by atoms with Crippen LogP contribution in [-0.4, -0.2) is 61.8 Å². The fourth-order valence-corrected chi connectivity index (χ4v) is 3.11. The Kier molecular flexibility index (Phi) is 5.26. The molecule has 4 heteroatoms. The molecule has 2 aliphatic rings. The number of hydrogen-bond donors (Lipinski definition) is 1. The van der Waals surface area contributed by atoms with Crippen LogP contribution in [-0.2, 0) is 4.74 Å². The van der Waals surface area contributed by atoms with Crippen molar-refractivity contribution in [3.8, 4) is 0 Å². The van der Waals surface area contributed by atoms with Gasteiger partial charge in [-0.25, -0.2) is 0 Å². The lowest BCUT2D eigenvalue weighted by Crippen LogP contribution is -2.39. The Morgan fingerprint density at radius 1 is 1.33 bits per heavy atom. The van der Waals surface area contributed by atoms with Gasteiger partial charge in [-0.05, 0) is 12.8 Å². The number of hydrogen-bond acceptors (Lipinski definition) is 4. The number of nitrogens with one attached hydrogen (secondary N) is 1. The van der Waals surface area contributed by atoms with Crippen molar-refractivity contribution in [3.05, 3.63) is 0 Å². The van der Waals surface area contributed by atoms with E-state index in [-0.39, 0.29) is 0 Å². The molecule has 1 unspecified atom stereocenters. The predicted molar refractivity (Wildman–Crippen MR) is 65.6 cm³/mol. The van der Waals surface area contributed by atoms with Crippen molar-refractivity contribution in [3.63, 3.8) is 0 Å². The van der Waals surface area contributed by atoms with Crippen molar-refractivity contribution >= 4 is 11.8 Å². The topological polar surface area (TPSA) is 24.5 Å². The van der Waals surface area contributed by atoms with Gasteiger partial charge in [0.25, 0.3) is 0 Å². The van der Waals surface area contributed by atoms with E-state index in [4.69, 9.17) is 4.74 Å². The van der Waals surface area contributed by atoms with E-state index in [9.17, 15) is 0 Å². The molecule has 1 N–H and O–H groups in total. The van der Waals surface area contributed by atoms with Crippen LogP contribution in [0.4, 0.5) is 0 Å². The highest BCUT2D eigenvalue weighted by Gasteiger charge is 2.14. The van der Waals surface area contributed by atoms with Crippen LogP contribution in [0.5, 0.6) is 0 Å². The summed E-state index contributed by atoms with van der Waals surface area (Å²) < 4.78 is 5.57. The Balaban J connectivity index is 1.47. The smallest absolute Gasteiger partial charge is 0.0700 e. The van der Waals surface area contributed by atoms with Gasteiger partial charge in [-0.1, -0.05) is 0 Å². The molecule has 2 saturated heterocycles. The highest BCUT2D eigenvalue weighted by molar-refractivity contribution is 7.99. The first-order valence-electron chi connectivity index (χ1n) is 6.07. The first-order chi connectivity index (χ1) is 7.45. The quantitative estimate of drug-likeness (QED) is 0.706. The monoisotopic (exact) mass is 230 g/mol. The standard InChI is InChI=1S/C11H22N2OS/c1-2-11(14-7-1)10-12-3-4-13-5-8-15-9-6-13/h11-12H,1-10H2. The van der Waals surface area contributed by atoms with Gasteiger partial charge in [0.1, 0.15) is 0 Å². The average molecular weight is 230 g/mol. The molecule has 2 fully saturated rings. The third-order valence-electron chi connectivity index (χ3n) is 3.10. The minimum atomic E-state index is 0.488. The lowest BCUT2D eigenvalue weighted by atomic mass is 10.2. The molecular formula is C11H22N2OS. The molecule has 2 rings (SSSR count). The van der Waals surface area contributed by atoms with Gasteiger partial charge in [0, 0.05) is 50.8 Å². The Morgan fingerprint density at radius 3 is 2.93 bits per heavy atom. The van der Waals surface area contributed by atoms with Crippen LogP contribution in [0.1, 0.15) is 12.8 Å². The zero-order chi connectivity index (χ0) is 10.3. The van der Waals surface area contributed by atoms with E-state index in [1.165, 1.54) is 44.0 Å². The van der Waals surface area contributed by atoms with Crippen molar-refractivity contribution in [1.82, 2.24) is 10.2 Å². The fourth-order valence-electron chi connectivity index (χ4n) is 2.13. The van der Waals surface area contributed by atoms with Crippen LogP contribution in [0.15, 0.2) is 0 Å². The maximum atomic E-state index is 5.57. The van der Waals surface area contributed by atoms with Crippen LogP contribution >= 0.6 is 11.8 Å². The molecule has 2 heterocycles. The second-order valence-electron chi connectivity index (χ2n) is 4.29. The second kappa shape index (κ2) is 6.74. The van der Waals surface area contributed by atoms with E-state index < -0.39 is 0 Å². The van der Waals surface area contributed by atoms with E-state index in [1.807, 2.05) is 0 Å². The lowest BCUT2D eigenvalue weighted by molar-refractivity contribution is 0.109. The molecule has 0 bridgehead atoms. The predicted octanol–water partition coefficient (Wildman–Crippen LogP) is 0.804. The van der Waals surface area contributed by atoms with Crippen LogP contribution in [0.2, 0.25) is 0 Å². The third-order valence-corrected chi connectivity index (χ3v) is 4.05. The van der Waals surface area contributed by atoms with Crippen molar-refractivity contribution in [1.29, 1.82) is 0 Å². The van der Waals surface area contributed by atoms with Gasteiger partial charge < -0.3 is 15.0 Å². The van der Waals surface area contributed by atoms with Crippen LogP contribution in [0.3, 0.4) is 0 Å². The molecule has 88 valence electrons. The van der Waals surface area contributed by atoms with Crippen molar-refractivity contribution < 1.29 is 4.74 Å². The molecule has 0 aromatic rings. The first kappa shape index (κ1) is 11.7. The molecule has 0 saturated carbocycles. The van der Waals surface area contributed by atoms with E-state index in [2.05, 4.69) is 22.0 Å². The van der Waals surface area contributed by atoms with E-state index >= 15 is 0 Å². The molecule has 0 aromatic carbocycles. The summed E-state index contributed by atoms with van der Waals surface area (Å²) in [7, 11) is 0. The SMILES string of the molecule is C1COC(CNCCN2CCSCC2)C1. The van der Waals surface area contributed by atoms with Gasteiger partial charge in [0.15, 0.2) is 0 Å². The molecule has 0 aromatic heterocycles. The minimum absolute atomic E-state index is 0.488. The summed E-state index contributed by atoms with van der Waals surface area (Å²) in [5.74, 6) is 2.62. The summed E-state index contributed by atoms with van der Waals surface area (Å²) in [5, 5.41) is 3.50. The van der Waals surface area contributed by atoms with Gasteiger partial charge in [-0.2, -0.15) is 11.8 Å². The van der Waals surface area contributed by atoms with Crippen molar-refractivity contribution in [2.45, 2.75) is 18.9 Å². The molecule has 15 heavy (non-hydrogen) atoms. The molecule has 1 atom stereocenters. The molecular weight excluding hydrogens is 208 g/mol. The zero-order valence-corrected chi connectivity index (χ0v) is 10.2. The number of rotatable bonds is 5. The average Bonchev–Trinajstić information content (AvgIpc) is 2.79. The second-order valence-corrected chi connectivity index (χ2v) is 5.52. The summed E-state index contributed by atoms with van der Waals surface area (Å²) in [6.07, 6.45) is 2.98. The van der Waals surface area contributed by atoms with Crippen LogP contribution in [0, 0.1) is 0 Å². The molecule has 0 amide bonds. The Hall–Kier alpha value is 0.230. The molecule has 2 aliphatic heterocycles. The summed E-state index contributed by atoms with van der Waals surface area (Å²) in [6.45, 7) is 6.87. The number of thioether (sulfide) groups is 1. The Morgan fingerprint density at radius 2 is 2.20 bits per heavy atom. The Bertz CT molecular complexity index is 168. The molecule has 0 spiro atoms. The summed E-state index contributed by atoms with van der Waals surface area (Å²) in [5.41, 5.74) is 0. The fraction of sp³-hybridized carbons (Fsp3) is 1.00. The maximum Gasteiger partial charge on any atom is 0.0700 e. The van der Waals surface area contributed by atoms with E-state index in [0.29, 0.717) is 6.10 Å². The number of nitrogens with zero attached hydrogens (tertiary/aromatic N) is 1. The molecule has 3 nitrogen and oxygen atoms in total. The van der Waals surface area contributed by atoms with Gasteiger partial charge in [0.05, 0.1) is 6.10 Å². The zero-order valence-electron chi connectivity index (χ0n) is 9.41. The Labute approximate surface area is 96.9 Å². The van der Waals surface area contributed by atoms with Gasteiger partial charge >= 0.3 is 0 Å². The summed E-state index contributed by atoms with van der Waals surface area (Å²) >= 11 is 2.08. The van der Waals surface area contributed by atoms with Crippen molar-refractivity contribution in [2.75, 3.05) is 50.8 Å². The maximum absolute atomic E-state index is 5.57. The first-order valence-corrected chi connectivity index (χ1v) is 7.23. The normalized spacial score (nSPS) is 28.4. The lowest BCUT2D eigenvalue weighted by Gasteiger charge is -2.26. The van der Waals surface area contributed by atoms with Crippen LogP contribution in [0.25, 0.3) is 0 Å². The van der Waals surface area contributed by atoms with Gasteiger partial charge in [-0.3, -0.25) is 0 Å². The number of ether oxygens (including phenoxy) is 1. The third kappa shape index (κ3) is 4.31. The largest absolute Gasteiger partial charge is 0.377 e. The summed E-state index contributed by atoms with van der Waals surface area (Å²) in [6, 6.07) is 0. The minimum Gasteiger partial charge on any atom is -0.377 e. The van der Waals surface area contributed by atoms with Crippen LogP contribution < -0.4 is 5.32 Å². The van der Waals surface area contributed by atoms with Gasteiger partial charge in [0.2, 0.25) is 0 Å². The van der Waals surface area contributed by atoms with E-state index in [1.54, 1.807) is 0 Å². The highest BCUT2D eigenvalue weighted by Crippen LogP contribution is 2.10. The van der Waals surface area contributed by atoms with Crippen molar-refractivity contribution in [2.24, 2.45) is 0 Å². The van der Waals surface area contributed by atoms with E-state index in [0.717, 1.165) is 19.7 Å². The van der Waals surface area contributed by atoms with Gasteiger partial charge in [-0.15, -0.1) is 0 Å².